The molecule has 0 saturated heterocycles. The van der Waals surface area contributed by atoms with Crippen molar-refractivity contribution in [2.24, 2.45) is 0 Å². The molecule has 2 rings (SSSR count). The van der Waals surface area contributed by atoms with E-state index in [1.807, 2.05) is 44.2 Å². The highest BCUT2D eigenvalue weighted by Gasteiger charge is 2.20. The van der Waals surface area contributed by atoms with Gasteiger partial charge in [-0.1, -0.05) is 37.3 Å². The fourth-order valence-electron chi connectivity index (χ4n) is 2.15. The molecular formula is C16H19NO3S. The number of hydrogen-bond acceptors (Lipinski definition) is 4. The number of rotatable bonds is 7. The fourth-order valence-corrected chi connectivity index (χ4v) is 3.36. The molecule has 0 bridgehead atoms. The van der Waals surface area contributed by atoms with Gasteiger partial charge in [0.1, 0.15) is 11.1 Å². The molecule has 1 heterocycles. The molecule has 1 atom stereocenters. The first-order chi connectivity index (χ1) is 10.2. The van der Waals surface area contributed by atoms with Gasteiger partial charge in [-0.15, -0.1) is 11.3 Å². The topological polar surface area (TPSA) is 59.4 Å². The Bertz CT molecular complexity index is 595. The summed E-state index contributed by atoms with van der Waals surface area (Å²) in [6.45, 7) is 4.61. The number of carboxylic acids is 1. The molecule has 21 heavy (non-hydrogen) atoms. The third-order valence-electron chi connectivity index (χ3n) is 3.09. The van der Waals surface area contributed by atoms with Gasteiger partial charge in [0.15, 0.2) is 0 Å². The lowest BCUT2D eigenvalue weighted by molar-refractivity contribution is -0.136. The third kappa shape index (κ3) is 3.89. The maximum absolute atomic E-state index is 11.1. The molecule has 0 amide bonds. The monoisotopic (exact) mass is 305 g/mol. The Kier molecular flexibility index (Phi) is 5.47. The van der Waals surface area contributed by atoms with Gasteiger partial charge < -0.3 is 9.84 Å². The molecule has 1 aromatic carbocycles. The highest BCUT2D eigenvalue weighted by atomic mass is 32.1. The van der Waals surface area contributed by atoms with E-state index in [0.717, 1.165) is 27.6 Å². The van der Waals surface area contributed by atoms with Gasteiger partial charge in [-0.3, -0.25) is 4.79 Å². The van der Waals surface area contributed by atoms with E-state index < -0.39 is 5.97 Å². The summed E-state index contributed by atoms with van der Waals surface area (Å²) in [6.07, 6.45) is 0.747. The van der Waals surface area contributed by atoms with Crippen LogP contribution in [-0.2, 0) is 16.0 Å². The number of aliphatic carboxylic acids is 1. The summed E-state index contributed by atoms with van der Waals surface area (Å²) in [4.78, 5) is 16.5. The molecule has 0 saturated carbocycles. The summed E-state index contributed by atoms with van der Waals surface area (Å²) in [5.74, 6) is -0.841. The Labute approximate surface area is 128 Å². The summed E-state index contributed by atoms with van der Waals surface area (Å²) < 4.78 is 5.69. The minimum absolute atomic E-state index is 0.00947. The van der Waals surface area contributed by atoms with Crippen molar-refractivity contribution < 1.29 is 14.6 Å². The van der Waals surface area contributed by atoms with Crippen LogP contribution in [0.4, 0.5) is 0 Å². The van der Waals surface area contributed by atoms with Crippen molar-refractivity contribution in [2.75, 3.05) is 6.61 Å². The van der Waals surface area contributed by atoms with Crippen molar-refractivity contribution in [3.8, 4) is 11.3 Å². The van der Waals surface area contributed by atoms with Gasteiger partial charge in [0.2, 0.25) is 0 Å². The number of carboxylic acid groups (broad SMARTS) is 1. The molecule has 1 unspecified atom stereocenters. The molecule has 0 fully saturated rings. The summed E-state index contributed by atoms with van der Waals surface area (Å²) in [5, 5.41) is 9.95. The van der Waals surface area contributed by atoms with Crippen LogP contribution in [-0.4, -0.2) is 22.7 Å². The first kappa shape index (κ1) is 15.7. The number of nitrogens with zero attached hydrogens (tertiary/aromatic N) is 1. The lowest BCUT2D eigenvalue weighted by atomic mass is 10.1. The zero-order valence-electron chi connectivity index (χ0n) is 12.2. The van der Waals surface area contributed by atoms with Crippen molar-refractivity contribution in [2.45, 2.75) is 32.8 Å². The summed E-state index contributed by atoms with van der Waals surface area (Å²) in [5.41, 5.74) is 1.71. The lowest BCUT2D eigenvalue weighted by Gasteiger charge is -2.11. The van der Waals surface area contributed by atoms with Crippen LogP contribution in [0.3, 0.4) is 0 Å². The quantitative estimate of drug-likeness (QED) is 0.842. The Morgan fingerprint density at radius 2 is 2.05 bits per heavy atom. The van der Waals surface area contributed by atoms with Crippen molar-refractivity contribution in [3.63, 3.8) is 0 Å². The molecule has 1 N–H and O–H groups in total. The van der Waals surface area contributed by atoms with E-state index in [0.29, 0.717) is 6.61 Å². The van der Waals surface area contributed by atoms with E-state index in [1.165, 1.54) is 11.3 Å². The number of ether oxygens (including phenoxy) is 1. The molecule has 112 valence electrons. The highest BCUT2D eigenvalue weighted by Crippen LogP contribution is 2.34. The van der Waals surface area contributed by atoms with Gasteiger partial charge in [0.25, 0.3) is 0 Å². The number of hydrogen-bond donors (Lipinski definition) is 1. The first-order valence-electron chi connectivity index (χ1n) is 7.04. The second-order valence-electron chi connectivity index (χ2n) is 4.61. The van der Waals surface area contributed by atoms with Crippen LogP contribution in [0.1, 0.15) is 36.3 Å². The molecular weight excluding hydrogens is 286 g/mol. The molecule has 2 aromatic rings. The third-order valence-corrected chi connectivity index (χ3v) is 4.23. The van der Waals surface area contributed by atoms with Gasteiger partial charge in [-0.2, -0.15) is 0 Å². The van der Waals surface area contributed by atoms with E-state index >= 15 is 0 Å². The summed E-state index contributed by atoms with van der Waals surface area (Å²) in [6, 6.07) is 9.69. The largest absolute Gasteiger partial charge is 0.481 e. The molecule has 4 nitrogen and oxygen atoms in total. The second kappa shape index (κ2) is 7.33. The maximum Gasteiger partial charge on any atom is 0.308 e. The van der Waals surface area contributed by atoms with Crippen LogP contribution in [0.5, 0.6) is 0 Å². The average molecular weight is 305 g/mol. The Hall–Kier alpha value is -1.72. The van der Waals surface area contributed by atoms with E-state index in [4.69, 9.17) is 9.84 Å². The van der Waals surface area contributed by atoms with Gasteiger partial charge in [0.05, 0.1) is 12.1 Å². The second-order valence-corrected chi connectivity index (χ2v) is 5.73. The number of aromatic nitrogens is 1. The van der Waals surface area contributed by atoms with Gasteiger partial charge in [-0.25, -0.2) is 4.98 Å². The van der Waals surface area contributed by atoms with Crippen molar-refractivity contribution in [1.29, 1.82) is 0 Å². The highest BCUT2D eigenvalue weighted by molar-refractivity contribution is 7.12. The minimum atomic E-state index is -0.841. The average Bonchev–Trinajstić information content (AvgIpc) is 2.88. The predicted octanol–water partition coefficient (Wildman–Crippen LogP) is 3.92. The molecule has 5 heteroatoms. The van der Waals surface area contributed by atoms with Crippen LogP contribution >= 0.6 is 11.3 Å². The number of thiazole rings is 1. The Morgan fingerprint density at radius 1 is 1.33 bits per heavy atom. The summed E-state index contributed by atoms with van der Waals surface area (Å²) in [7, 11) is 0. The molecule has 0 spiro atoms. The van der Waals surface area contributed by atoms with Gasteiger partial charge in [-0.05, 0) is 13.3 Å². The zero-order chi connectivity index (χ0) is 15.2. The Morgan fingerprint density at radius 3 is 2.62 bits per heavy atom. The van der Waals surface area contributed by atoms with Crippen molar-refractivity contribution in [3.05, 3.63) is 40.2 Å². The lowest BCUT2D eigenvalue weighted by Crippen LogP contribution is -2.02. The van der Waals surface area contributed by atoms with Crippen LogP contribution in [0.15, 0.2) is 30.3 Å². The van der Waals surface area contributed by atoms with E-state index in [1.54, 1.807) is 0 Å². The number of benzene rings is 1. The van der Waals surface area contributed by atoms with Crippen LogP contribution in [0.2, 0.25) is 0 Å². The molecule has 1 aromatic heterocycles. The van der Waals surface area contributed by atoms with E-state index in [9.17, 15) is 4.79 Å². The van der Waals surface area contributed by atoms with Crippen LogP contribution < -0.4 is 0 Å². The first-order valence-corrected chi connectivity index (χ1v) is 7.85. The van der Waals surface area contributed by atoms with Gasteiger partial charge >= 0.3 is 5.97 Å². The molecule has 0 aliphatic rings. The Balaban J connectivity index is 2.42. The van der Waals surface area contributed by atoms with E-state index in [-0.39, 0.29) is 12.5 Å². The van der Waals surface area contributed by atoms with Gasteiger partial charge in [0, 0.05) is 17.0 Å². The molecule has 0 aliphatic heterocycles. The summed E-state index contributed by atoms with van der Waals surface area (Å²) >= 11 is 1.44. The normalized spacial score (nSPS) is 12.3. The molecule has 0 radical (unpaired) electrons. The predicted molar refractivity (Wildman–Crippen MR) is 83.5 cm³/mol. The zero-order valence-corrected chi connectivity index (χ0v) is 13.0. The SMILES string of the molecule is CCOC(CC)c1nc(-c2ccccc2)c(CC(=O)O)s1. The molecule has 0 aliphatic carbocycles. The van der Waals surface area contributed by atoms with E-state index in [2.05, 4.69) is 4.98 Å². The maximum atomic E-state index is 11.1. The van der Waals surface area contributed by atoms with Crippen molar-refractivity contribution in [1.82, 2.24) is 4.98 Å². The van der Waals surface area contributed by atoms with Crippen molar-refractivity contribution >= 4 is 17.3 Å². The standard InChI is InChI=1S/C16H19NO3S/c1-3-12(20-4-2)16-17-15(11-8-6-5-7-9-11)13(21-16)10-14(18)19/h5-9,12H,3-4,10H2,1-2H3,(H,18,19). The number of carbonyl (C=O) groups is 1. The fraction of sp³-hybridized carbons (Fsp3) is 0.375. The smallest absolute Gasteiger partial charge is 0.308 e. The minimum Gasteiger partial charge on any atom is -0.481 e. The van der Waals surface area contributed by atoms with Crippen LogP contribution in [0, 0.1) is 0 Å². The van der Waals surface area contributed by atoms with Crippen LogP contribution in [0.25, 0.3) is 11.3 Å².